The van der Waals surface area contributed by atoms with Crippen LogP contribution in [0.4, 0.5) is 19.0 Å². The minimum Gasteiger partial charge on any atom is -0.365 e. The Labute approximate surface area is 140 Å². The van der Waals surface area contributed by atoms with Gasteiger partial charge in [0.25, 0.3) is 0 Å². The van der Waals surface area contributed by atoms with Crippen LogP contribution < -0.4 is 5.32 Å². The van der Waals surface area contributed by atoms with Gasteiger partial charge in [0, 0.05) is 11.4 Å². The molecule has 3 nitrogen and oxygen atoms in total. The smallest absolute Gasteiger partial charge is 0.365 e. The van der Waals surface area contributed by atoms with Crippen LogP contribution in [0.3, 0.4) is 0 Å². The summed E-state index contributed by atoms with van der Waals surface area (Å²) in [5.41, 5.74) is 2.10. The monoisotopic (exact) mass is 349 g/mol. The van der Waals surface area contributed by atoms with E-state index in [0.717, 1.165) is 40.7 Å². The molecule has 1 aromatic carbocycles. The lowest BCUT2D eigenvalue weighted by Gasteiger charge is -2.11. The highest BCUT2D eigenvalue weighted by Gasteiger charge is 2.36. The average molecular weight is 349 g/mol. The molecule has 3 aromatic rings. The fourth-order valence-corrected chi connectivity index (χ4v) is 4.29. The molecular weight excluding hydrogens is 335 g/mol. The summed E-state index contributed by atoms with van der Waals surface area (Å²) in [5.74, 6) is -0.791. The van der Waals surface area contributed by atoms with E-state index in [2.05, 4.69) is 15.3 Å². The van der Waals surface area contributed by atoms with Gasteiger partial charge in [-0.15, -0.1) is 11.3 Å². The lowest BCUT2D eigenvalue weighted by atomic mass is 10.1. The van der Waals surface area contributed by atoms with E-state index in [-0.39, 0.29) is 5.82 Å². The first kappa shape index (κ1) is 15.4. The van der Waals surface area contributed by atoms with Gasteiger partial charge < -0.3 is 5.32 Å². The third-order valence-corrected chi connectivity index (χ3v) is 5.31. The van der Waals surface area contributed by atoms with E-state index in [9.17, 15) is 13.2 Å². The predicted molar refractivity (Wildman–Crippen MR) is 88.2 cm³/mol. The number of benzene rings is 1. The van der Waals surface area contributed by atoms with Crippen molar-refractivity contribution in [3.63, 3.8) is 0 Å². The van der Waals surface area contributed by atoms with Crippen molar-refractivity contribution in [3.05, 3.63) is 52.2 Å². The Morgan fingerprint density at radius 2 is 1.88 bits per heavy atom. The van der Waals surface area contributed by atoms with Crippen molar-refractivity contribution >= 4 is 27.4 Å². The Morgan fingerprint density at radius 3 is 2.62 bits per heavy atom. The molecule has 1 aliphatic rings. The fourth-order valence-electron chi connectivity index (χ4n) is 3.03. The molecule has 0 fully saturated rings. The van der Waals surface area contributed by atoms with Crippen molar-refractivity contribution in [1.82, 2.24) is 9.97 Å². The molecule has 1 N–H and O–H groups in total. The zero-order chi connectivity index (χ0) is 16.7. The van der Waals surface area contributed by atoms with Crippen molar-refractivity contribution < 1.29 is 13.2 Å². The highest BCUT2D eigenvalue weighted by molar-refractivity contribution is 7.19. The third kappa shape index (κ3) is 2.73. The maximum atomic E-state index is 13.1. The van der Waals surface area contributed by atoms with Crippen molar-refractivity contribution in [3.8, 4) is 0 Å². The molecule has 7 heteroatoms. The Kier molecular flexibility index (Phi) is 3.68. The highest BCUT2D eigenvalue weighted by Crippen LogP contribution is 2.41. The van der Waals surface area contributed by atoms with Crippen LogP contribution in [0.2, 0.25) is 0 Å². The van der Waals surface area contributed by atoms with Gasteiger partial charge in [0.05, 0.1) is 5.39 Å². The number of nitrogens with one attached hydrogen (secondary N) is 1. The van der Waals surface area contributed by atoms with Crippen LogP contribution in [0, 0.1) is 0 Å². The van der Waals surface area contributed by atoms with E-state index in [1.165, 1.54) is 11.3 Å². The molecule has 0 aliphatic heterocycles. The number of hydrogen-bond donors (Lipinski definition) is 1. The summed E-state index contributed by atoms with van der Waals surface area (Å²) < 4.78 is 39.3. The maximum absolute atomic E-state index is 13.1. The number of aryl methyl sites for hydroxylation is 2. The summed E-state index contributed by atoms with van der Waals surface area (Å²) in [6.07, 6.45) is -1.72. The van der Waals surface area contributed by atoms with E-state index in [1.807, 2.05) is 30.3 Å². The van der Waals surface area contributed by atoms with Gasteiger partial charge in [-0.05, 0) is 30.4 Å². The first-order chi connectivity index (χ1) is 11.5. The van der Waals surface area contributed by atoms with Crippen molar-refractivity contribution in [2.24, 2.45) is 0 Å². The Balaban J connectivity index is 1.79. The topological polar surface area (TPSA) is 37.8 Å². The summed E-state index contributed by atoms with van der Waals surface area (Å²) in [4.78, 5) is 9.13. The van der Waals surface area contributed by atoms with Gasteiger partial charge in [-0.2, -0.15) is 13.2 Å². The van der Waals surface area contributed by atoms with Gasteiger partial charge in [0.2, 0.25) is 5.82 Å². The quantitative estimate of drug-likeness (QED) is 0.737. The molecule has 4 rings (SSSR count). The SMILES string of the molecule is FC(F)(F)c1nc(NCc2ccccc2)c2c3c(sc2n1)CCC3. The number of anilines is 1. The van der Waals surface area contributed by atoms with Crippen LogP contribution in [0.1, 0.15) is 28.2 Å². The summed E-state index contributed by atoms with van der Waals surface area (Å²) in [5, 5.41) is 3.85. The van der Waals surface area contributed by atoms with Gasteiger partial charge in [-0.3, -0.25) is 0 Å². The largest absolute Gasteiger partial charge is 0.451 e. The molecule has 0 radical (unpaired) electrons. The standard InChI is InChI=1S/C17H14F3N3S/c18-17(19,20)16-22-14(21-9-10-5-2-1-3-6-10)13-11-7-4-8-12(11)24-15(13)23-16/h1-3,5-6H,4,7-9H2,(H,21,22,23). The number of aromatic nitrogens is 2. The minimum absolute atomic E-state index is 0.288. The number of fused-ring (bicyclic) bond motifs is 3. The molecule has 0 amide bonds. The van der Waals surface area contributed by atoms with E-state index in [0.29, 0.717) is 11.4 Å². The zero-order valence-corrected chi connectivity index (χ0v) is 13.5. The molecule has 0 saturated heterocycles. The van der Waals surface area contributed by atoms with Crippen LogP contribution in [0.15, 0.2) is 30.3 Å². The minimum atomic E-state index is -4.55. The van der Waals surface area contributed by atoms with Crippen molar-refractivity contribution in [2.45, 2.75) is 32.0 Å². The average Bonchev–Trinajstić information content (AvgIpc) is 3.13. The second kappa shape index (κ2) is 5.73. The number of rotatable bonds is 3. The molecule has 0 atom stereocenters. The van der Waals surface area contributed by atoms with E-state index >= 15 is 0 Å². The molecule has 2 heterocycles. The molecule has 2 aromatic heterocycles. The Bertz CT molecular complexity index is 887. The lowest BCUT2D eigenvalue weighted by Crippen LogP contribution is -2.13. The molecule has 0 bridgehead atoms. The molecule has 124 valence electrons. The van der Waals surface area contributed by atoms with Crippen molar-refractivity contribution in [1.29, 1.82) is 0 Å². The first-order valence-corrected chi connectivity index (χ1v) is 8.51. The molecule has 1 aliphatic carbocycles. The molecule has 0 unspecified atom stereocenters. The van der Waals surface area contributed by atoms with Crippen LogP contribution in [-0.2, 0) is 25.6 Å². The lowest BCUT2D eigenvalue weighted by molar-refractivity contribution is -0.144. The van der Waals surface area contributed by atoms with Crippen LogP contribution in [-0.4, -0.2) is 9.97 Å². The second-order valence-electron chi connectivity index (χ2n) is 5.77. The number of alkyl halides is 3. The van der Waals surface area contributed by atoms with Crippen LogP contribution >= 0.6 is 11.3 Å². The fraction of sp³-hybridized carbons (Fsp3) is 0.294. The predicted octanol–water partition coefficient (Wildman–Crippen LogP) is 4.81. The maximum Gasteiger partial charge on any atom is 0.451 e. The summed E-state index contributed by atoms with van der Waals surface area (Å²) in [6, 6.07) is 9.55. The summed E-state index contributed by atoms with van der Waals surface area (Å²) in [7, 11) is 0. The van der Waals surface area contributed by atoms with Crippen molar-refractivity contribution in [2.75, 3.05) is 5.32 Å². The Morgan fingerprint density at radius 1 is 1.08 bits per heavy atom. The second-order valence-corrected chi connectivity index (χ2v) is 6.85. The van der Waals surface area contributed by atoms with Gasteiger partial charge in [0.1, 0.15) is 10.6 Å². The van der Waals surface area contributed by atoms with Gasteiger partial charge >= 0.3 is 6.18 Å². The molecule has 0 saturated carbocycles. The van der Waals surface area contributed by atoms with Gasteiger partial charge in [0.15, 0.2) is 0 Å². The Hall–Kier alpha value is -2.15. The molecule has 24 heavy (non-hydrogen) atoms. The van der Waals surface area contributed by atoms with E-state index < -0.39 is 12.0 Å². The number of hydrogen-bond acceptors (Lipinski definition) is 4. The van der Waals surface area contributed by atoms with Crippen LogP contribution in [0.5, 0.6) is 0 Å². The van der Waals surface area contributed by atoms with Crippen LogP contribution in [0.25, 0.3) is 10.2 Å². The summed E-state index contributed by atoms with van der Waals surface area (Å²) in [6.45, 7) is 0.425. The third-order valence-electron chi connectivity index (χ3n) is 4.12. The number of thiophene rings is 1. The normalized spacial score (nSPS) is 14.1. The number of nitrogens with zero attached hydrogens (tertiary/aromatic N) is 2. The zero-order valence-electron chi connectivity index (χ0n) is 12.7. The first-order valence-electron chi connectivity index (χ1n) is 7.69. The van der Waals surface area contributed by atoms with E-state index in [1.54, 1.807) is 0 Å². The highest BCUT2D eigenvalue weighted by atomic mass is 32.1. The summed E-state index contributed by atoms with van der Waals surface area (Å²) >= 11 is 1.36. The molecular formula is C17H14F3N3S. The number of halogens is 3. The molecule has 0 spiro atoms. The van der Waals surface area contributed by atoms with Gasteiger partial charge in [-0.25, -0.2) is 9.97 Å². The van der Waals surface area contributed by atoms with E-state index in [4.69, 9.17) is 0 Å². The van der Waals surface area contributed by atoms with Gasteiger partial charge in [-0.1, -0.05) is 30.3 Å².